The van der Waals surface area contributed by atoms with Crippen LogP contribution in [0.4, 0.5) is 17.3 Å². The van der Waals surface area contributed by atoms with E-state index >= 15 is 0 Å². The molecule has 41 heavy (non-hydrogen) atoms. The van der Waals surface area contributed by atoms with Crippen LogP contribution in [0, 0.1) is 11.8 Å². The van der Waals surface area contributed by atoms with Gasteiger partial charge in [0.1, 0.15) is 23.9 Å². The lowest BCUT2D eigenvalue weighted by Crippen LogP contribution is -2.51. The van der Waals surface area contributed by atoms with Gasteiger partial charge in [-0.15, -0.1) is 0 Å². The summed E-state index contributed by atoms with van der Waals surface area (Å²) in [6.45, 7) is 11.8. The minimum atomic E-state index is -1.02. The van der Waals surface area contributed by atoms with Crippen molar-refractivity contribution in [2.24, 2.45) is 17.7 Å². The highest BCUT2D eigenvalue weighted by Gasteiger charge is 2.46. The molecule has 4 atom stereocenters. The average Bonchev–Trinajstić information content (AvgIpc) is 3.42. The second kappa shape index (κ2) is 11.4. The molecule has 0 amide bonds. The van der Waals surface area contributed by atoms with Gasteiger partial charge in [-0.2, -0.15) is 0 Å². The molecule has 0 radical (unpaired) electrons. The summed E-state index contributed by atoms with van der Waals surface area (Å²) in [5, 5.41) is 23.2. The Labute approximate surface area is 242 Å². The maximum atomic E-state index is 11.0. The number of hydrogen-bond acceptors (Lipinski definition) is 10. The van der Waals surface area contributed by atoms with Gasteiger partial charge in [0, 0.05) is 31.0 Å². The molecule has 1 aromatic carbocycles. The Bertz CT molecular complexity index is 1350. The van der Waals surface area contributed by atoms with E-state index in [9.17, 15) is 10.2 Å². The number of rotatable bonds is 9. The third kappa shape index (κ3) is 5.99. The van der Waals surface area contributed by atoms with Crippen LogP contribution in [0.3, 0.4) is 0 Å². The zero-order valence-corrected chi connectivity index (χ0v) is 25.0. The normalized spacial score (nSPS) is 26.7. The number of fused-ring (bicyclic) bond motifs is 1. The van der Waals surface area contributed by atoms with Crippen LogP contribution < -0.4 is 22.3 Å². The number of hydrogen-bond donors (Lipinski definition) is 6. The minimum absolute atomic E-state index is 0.104. The van der Waals surface area contributed by atoms with Gasteiger partial charge < -0.3 is 26.7 Å². The summed E-state index contributed by atoms with van der Waals surface area (Å²) in [5.74, 6) is 8.31. The summed E-state index contributed by atoms with van der Waals surface area (Å²) in [6, 6.07) is 6.79. The van der Waals surface area contributed by atoms with Gasteiger partial charge >= 0.3 is 0 Å². The van der Waals surface area contributed by atoms with E-state index in [1.165, 1.54) is 16.9 Å². The smallest absolute Gasteiger partial charge is 0.171 e. The lowest BCUT2D eigenvalue weighted by atomic mass is 9.76. The summed E-state index contributed by atoms with van der Waals surface area (Å²) in [7, 11) is 0. The van der Waals surface area contributed by atoms with Gasteiger partial charge in [0.2, 0.25) is 0 Å². The van der Waals surface area contributed by atoms with Crippen molar-refractivity contribution < 1.29 is 10.2 Å². The molecule has 9 N–H and O–H groups in total. The van der Waals surface area contributed by atoms with Crippen molar-refractivity contribution in [3.63, 3.8) is 0 Å². The minimum Gasteiger partial charge on any atom is -0.393 e. The molecule has 2 aromatic heterocycles. The topological polar surface area (TPSA) is 179 Å². The first kappa shape index (κ1) is 29.5. The molecule has 2 saturated carbocycles. The number of nitrogens with two attached hydrogens (primary N) is 3. The lowest BCUT2D eigenvalue weighted by molar-refractivity contribution is -0.0149. The van der Waals surface area contributed by atoms with Crippen molar-refractivity contribution in [2.45, 2.75) is 102 Å². The lowest BCUT2D eigenvalue weighted by Gasteiger charge is -2.46. The van der Waals surface area contributed by atoms with Crippen molar-refractivity contribution >= 4 is 28.4 Å². The Morgan fingerprint density at radius 3 is 2.49 bits per heavy atom. The quantitative estimate of drug-likeness (QED) is 0.167. The van der Waals surface area contributed by atoms with E-state index in [0.29, 0.717) is 31.0 Å². The molecule has 5 rings (SSSR count). The monoisotopic (exact) mass is 565 g/mol. The Morgan fingerprint density at radius 1 is 1.07 bits per heavy atom. The van der Waals surface area contributed by atoms with Crippen LogP contribution in [0.15, 0.2) is 24.5 Å². The van der Waals surface area contributed by atoms with Crippen molar-refractivity contribution in [2.75, 3.05) is 23.0 Å². The highest BCUT2D eigenvalue weighted by Crippen LogP contribution is 2.39. The number of H-pyrrole nitrogens is 1. The summed E-state index contributed by atoms with van der Waals surface area (Å²) in [4.78, 5) is 18.9. The van der Waals surface area contributed by atoms with Gasteiger partial charge in [0.05, 0.1) is 23.2 Å². The van der Waals surface area contributed by atoms with Gasteiger partial charge in [-0.1, -0.05) is 26.8 Å². The number of aromatic nitrogens is 4. The first-order chi connectivity index (χ1) is 19.3. The first-order valence-electron chi connectivity index (χ1n) is 14.8. The molecule has 224 valence electrons. The molecule has 11 heteroatoms. The fraction of sp³-hybridized carbons (Fsp3) is 0.633. The van der Waals surface area contributed by atoms with E-state index in [-0.39, 0.29) is 28.7 Å². The van der Waals surface area contributed by atoms with E-state index in [0.717, 1.165) is 42.5 Å². The molecule has 2 aliphatic rings. The second-order valence-electron chi connectivity index (χ2n) is 13.4. The predicted octanol–water partition coefficient (Wildman–Crippen LogP) is 2.73. The predicted molar refractivity (Wildman–Crippen MR) is 163 cm³/mol. The number of nitrogen functional groups attached to an aromatic ring is 2. The second-order valence-corrected chi connectivity index (χ2v) is 13.4. The zero-order chi connectivity index (χ0) is 29.6. The Balaban J connectivity index is 1.16. The summed E-state index contributed by atoms with van der Waals surface area (Å²) < 4.78 is 0. The Morgan fingerprint density at radius 2 is 1.80 bits per heavy atom. The number of aliphatic hydroxyl groups is 2. The molecule has 2 aliphatic carbocycles. The van der Waals surface area contributed by atoms with Crippen molar-refractivity contribution in [3.8, 4) is 0 Å². The fourth-order valence-electron chi connectivity index (χ4n) is 6.56. The number of hydrazine groups is 1. The van der Waals surface area contributed by atoms with Crippen molar-refractivity contribution in [3.05, 3.63) is 35.9 Å². The molecule has 4 unspecified atom stereocenters. The molecule has 0 bridgehead atoms. The van der Waals surface area contributed by atoms with Crippen LogP contribution in [0.25, 0.3) is 11.0 Å². The van der Waals surface area contributed by atoms with E-state index in [1.807, 2.05) is 0 Å². The maximum absolute atomic E-state index is 11.0. The third-order valence-electron chi connectivity index (χ3n) is 9.24. The van der Waals surface area contributed by atoms with E-state index < -0.39 is 18.2 Å². The van der Waals surface area contributed by atoms with Crippen LogP contribution >= 0.6 is 0 Å². The molecule has 11 nitrogen and oxygen atoms in total. The number of aromatic amines is 1. The zero-order valence-electron chi connectivity index (χ0n) is 25.0. The molecule has 0 aliphatic heterocycles. The van der Waals surface area contributed by atoms with Crippen LogP contribution in [0.1, 0.15) is 71.7 Å². The largest absolute Gasteiger partial charge is 0.393 e. The van der Waals surface area contributed by atoms with Gasteiger partial charge in [-0.3, -0.25) is 9.91 Å². The van der Waals surface area contributed by atoms with E-state index in [2.05, 4.69) is 72.7 Å². The number of nitrogens with one attached hydrogen (secondary N) is 1. The molecule has 0 saturated heterocycles. The molecule has 0 spiro atoms. The van der Waals surface area contributed by atoms with Crippen LogP contribution in [-0.2, 0) is 11.8 Å². The van der Waals surface area contributed by atoms with Crippen LogP contribution in [-0.4, -0.2) is 71.9 Å². The molecular weight excluding hydrogens is 518 g/mol. The standard InChI is InChI=1S/C30H47N9O2/c1-16(2)38(14-18-12-23(27(41)26(18)40)39(33)29-25(31)28(32)34-15-35-29)20-10-17(11-20)6-9-24-36-21-8-7-19(30(3,4)5)13-22(21)37-24/h7-8,13,15-18,20,23,26-27,40-41H,6,9-12,14,31,33H2,1-5H3,(H,36,37)(H2,32,34,35). The SMILES string of the molecule is CC(C)N(CC1CC(N(N)c2ncnc(N)c2N)C(O)C1O)C1CC(CCc2nc3cc(C(C)(C)C)ccc3[nH]2)C1. The van der Waals surface area contributed by atoms with Crippen molar-refractivity contribution in [1.29, 1.82) is 0 Å². The molecular formula is C30H47N9O2. The van der Waals surface area contributed by atoms with Crippen LogP contribution in [0.5, 0.6) is 0 Å². The number of aliphatic hydroxyl groups excluding tert-OH is 2. The number of anilines is 3. The summed E-state index contributed by atoms with van der Waals surface area (Å²) >= 11 is 0. The average molecular weight is 566 g/mol. The van der Waals surface area contributed by atoms with E-state index in [1.54, 1.807) is 0 Å². The fourth-order valence-corrected chi connectivity index (χ4v) is 6.56. The third-order valence-corrected chi connectivity index (χ3v) is 9.24. The highest BCUT2D eigenvalue weighted by molar-refractivity contribution is 5.76. The van der Waals surface area contributed by atoms with Gasteiger partial charge in [0.25, 0.3) is 0 Å². The number of aryl methyl sites for hydroxylation is 1. The van der Waals surface area contributed by atoms with Gasteiger partial charge in [-0.25, -0.2) is 20.8 Å². The Kier molecular flexibility index (Phi) is 8.17. The van der Waals surface area contributed by atoms with E-state index in [4.69, 9.17) is 22.3 Å². The molecule has 2 fully saturated rings. The summed E-state index contributed by atoms with van der Waals surface area (Å²) in [5.41, 5.74) is 15.6. The highest BCUT2D eigenvalue weighted by atomic mass is 16.3. The number of nitrogens with zero attached hydrogens (tertiary/aromatic N) is 5. The van der Waals surface area contributed by atoms with Crippen LogP contribution in [0.2, 0.25) is 0 Å². The maximum Gasteiger partial charge on any atom is 0.171 e. The van der Waals surface area contributed by atoms with Crippen molar-refractivity contribution in [1.82, 2.24) is 24.8 Å². The Hall–Kier alpha value is -2.99. The first-order valence-corrected chi connectivity index (χ1v) is 14.8. The van der Waals surface area contributed by atoms with Gasteiger partial charge in [-0.05, 0) is 68.6 Å². The van der Waals surface area contributed by atoms with Gasteiger partial charge in [0.15, 0.2) is 11.6 Å². The number of benzene rings is 1. The summed E-state index contributed by atoms with van der Waals surface area (Å²) in [6.07, 6.45) is 4.19. The number of imidazole rings is 1. The molecule has 3 aromatic rings. The molecule has 2 heterocycles.